The molecular weight excluding hydrogens is 417 g/mol. The van der Waals surface area contributed by atoms with Crippen molar-refractivity contribution < 1.29 is 17.9 Å². The van der Waals surface area contributed by atoms with Gasteiger partial charge in [-0.15, -0.1) is 0 Å². The number of methoxy groups -OCH3 is 1. The number of hydrogen-bond acceptors (Lipinski definition) is 4. The molecule has 0 bridgehead atoms. The normalized spacial score (nSPS) is 17.9. The van der Waals surface area contributed by atoms with E-state index in [0.717, 1.165) is 34.6 Å². The highest BCUT2D eigenvalue weighted by Crippen LogP contribution is 2.40. The van der Waals surface area contributed by atoms with Crippen molar-refractivity contribution in [3.63, 3.8) is 0 Å². The van der Waals surface area contributed by atoms with Gasteiger partial charge in [-0.05, 0) is 56.0 Å². The monoisotopic (exact) mass is 438 g/mol. The second kappa shape index (κ2) is 8.07. The fourth-order valence-corrected chi connectivity index (χ4v) is 4.21. The van der Waals surface area contributed by atoms with Gasteiger partial charge < -0.3 is 14.6 Å². The highest BCUT2D eigenvalue weighted by molar-refractivity contribution is 6.31. The fourth-order valence-electron chi connectivity index (χ4n) is 4.03. The molecule has 0 saturated heterocycles. The van der Waals surface area contributed by atoms with E-state index in [4.69, 9.17) is 16.3 Å². The van der Waals surface area contributed by atoms with Gasteiger partial charge in [-0.2, -0.15) is 13.2 Å². The van der Waals surface area contributed by atoms with Crippen molar-refractivity contribution in [3.05, 3.63) is 52.4 Å². The lowest BCUT2D eigenvalue weighted by Crippen LogP contribution is -2.37. The van der Waals surface area contributed by atoms with Gasteiger partial charge in [0.2, 0.25) is 5.95 Å². The number of halogens is 4. The molecule has 0 radical (unpaired) electrons. The summed E-state index contributed by atoms with van der Waals surface area (Å²) in [7, 11) is 1.65. The minimum absolute atomic E-state index is 0.0264. The molecule has 160 valence electrons. The average Bonchev–Trinajstić information content (AvgIpc) is 3.09. The van der Waals surface area contributed by atoms with Crippen LogP contribution >= 0.6 is 11.6 Å². The number of benzene rings is 1. The highest BCUT2D eigenvalue weighted by atomic mass is 35.5. The van der Waals surface area contributed by atoms with Crippen LogP contribution in [0.5, 0.6) is 0 Å². The van der Waals surface area contributed by atoms with E-state index in [9.17, 15) is 13.2 Å². The summed E-state index contributed by atoms with van der Waals surface area (Å²) in [6.07, 6.45) is -1.24. The maximum absolute atomic E-state index is 13.2. The summed E-state index contributed by atoms with van der Waals surface area (Å²) < 4.78 is 45.0. The van der Waals surface area contributed by atoms with Gasteiger partial charge in [0.05, 0.1) is 12.1 Å². The number of fused-ring (bicyclic) bond motifs is 3. The molecule has 1 aliphatic rings. The van der Waals surface area contributed by atoms with Gasteiger partial charge in [0.25, 0.3) is 0 Å². The Kier molecular flexibility index (Phi) is 5.63. The number of hydrogen-bond donors (Lipinski definition) is 1. The predicted molar refractivity (Wildman–Crippen MR) is 110 cm³/mol. The van der Waals surface area contributed by atoms with E-state index < -0.39 is 11.9 Å². The summed E-state index contributed by atoms with van der Waals surface area (Å²) in [5.41, 5.74) is 2.14. The zero-order valence-corrected chi connectivity index (χ0v) is 17.4. The second-order valence-corrected chi connectivity index (χ2v) is 7.97. The van der Waals surface area contributed by atoms with Crippen LogP contribution in [0.2, 0.25) is 5.02 Å². The van der Waals surface area contributed by atoms with Crippen molar-refractivity contribution in [1.82, 2.24) is 15.0 Å². The van der Waals surface area contributed by atoms with Crippen molar-refractivity contribution in [3.8, 4) is 0 Å². The molecule has 0 saturated carbocycles. The van der Waals surface area contributed by atoms with Gasteiger partial charge in [-0.1, -0.05) is 11.6 Å². The van der Waals surface area contributed by atoms with Crippen molar-refractivity contribution in [2.45, 2.75) is 44.5 Å². The Morgan fingerprint density at radius 1 is 1.33 bits per heavy atom. The van der Waals surface area contributed by atoms with Crippen LogP contribution in [0, 0.1) is 0 Å². The number of anilines is 1. The van der Waals surface area contributed by atoms with Crippen LogP contribution in [-0.2, 0) is 17.3 Å². The summed E-state index contributed by atoms with van der Waals surface area (Å²) in [6, 6.07) is 6.38. The number of aromatic amines is 1. The smallest absolute Gasteiger partial charge is 0.382 e. The van der Waals surface area contributed by atoms with Crippen LogP contribution in [0.3, 0.4) is 0 Å². The maximum atomic E-state index is 13.2. The summed E-state index contributed by atoms with van der Waals surface area (Å²) in [4.78, 5) is 13.3. The molecule has 0 fully saturated rings. The summed E-state index contributed by atoms with van der Waals surface area (Å²) >= 11 is 6.19. The van der Waals surface area contributed by atoms with Gasteiger partial charge in [0.15, 0.2) is 0 Å². The molecule has 4 rings (SSSR count). The molecule has 2 atom stereocenters. The molecule has 0 amide bonds. The molecule has 0 aliphatic carbocycles. The molecule has 1 aromatic carbocycles. The minimum atomic E-state index is -4.52. The van der Waals surface area contributed by atoms with Gasteiger partial charge in [0, 0.05) is 41.5 Å². The lowest BCUT2D eigenvalue weighted by molar-refractivity contribution is -0.141. The number of alkyl halides is 3. The molecule has 2 aromatic heterocycles. The third-order valence-electron chi connectivity index (χ3n) is 5.65. The van der Waals surface area contributed by atoms with Crippen molar-refractivity contribution >= 4 is 28.5 Å². The van der Waals surface area contributed by atoms with Crippen LogP contribution in [0.4, 0.5) is 19.1 Å². The number of aromatic nitrogens is 3. The van der Waals surface area contributed by atoms with Crippen LogP contribution in [-0.4, -0.2) is 34.7 Å². The third kappa shape index (κ3) is 3.98. The summed E-state index contributed by atoms with van der Waals surface area (Å²) in [6.45, 7) is 2.49. The third-order valence-corrected chi connectivity index (χ3v) is 5.89. The Balaban J connectivity index is 1.77. The van der Waals surface area contributed by atoms with E-state index in [1.165, 1.54) is 6.20 Å². The van der Waals surface area contributed by atoms with Crippen molar-refractivity contribution in [1.29, 1.82) is 0 Å². The summed E-state index contributed by atoms with van der Waals surface area (Å²) in [5.74, 6) is 0.0854. The SMILES string of the molecule is COC(C)CC[C@H]1c2[nH]c3ccc(Cl)cc3c2CCN1c1nccc(C(F)(F)F)n1. The van der Waals surface area contributed by atoms with Crippen molar-refractivity contribution in [2.24, 2.45) is 0 Å². The lowest BCUT2D eigenvalue weighted by atomic mass is 9.94. The Bertz CT molecular complexity index is 1050. The quantitative estimate of drug-likeness (QED) is 0.567. The Morgan fingerprint density at radius 3 is 2.87 bits per heavy atom. The molecule has 0 spiro atoms. The number of nitrogens with one attached hydrogen (secondary N) is 1. The van der Waals surface area contributed by atoms with E-state index in [2.05, 4.69) is 15.0 Å². The first-order valence-corrected chi connectivity index (χ1v) is 10.2. The van der Waals surface area contributed by atoms with Crippen LogP contribution in [0.15, 0.2) is 30.5 Å². The Morgan fingerprint density at radius 2 is 2.13 bits per heavy atom. The summed E-state index contributed by atoms with van der Waals surface area (Å²) in [5, 5.41) is 1.70. The number of ether oxygens (including phenoxy) is 1. The van der Waals surface area contributed by atoms with Gasteiger partial charge in [-0.3, -0.25) is 0 Å². The molecule has 1 N–H and O–H groups in total. The van der Waals surface area contributed by atoms with E-state index in [0.29, 0.717) is 24.4 Å². The van der Waals surface area contributed by atoms with Crippen LogP contribution in [0.1, 0.15) is 42.8 Å². The first-order valence-electron chi connectivity index (χ1n) is 9.77. The predicted octanol–water partition coefficient (Wildman–Crippen LogP) is 5.55. The minimum Gasteiger partial charge on any atom is -0.382 e. The maximum Gasteiger partial charge on any atom is 0.433 e. The largest absolute Gasteiger partial charge is 0.433 e. The molecule has 5 nitrogen and oxygen atoms in total. The van der Waals surface area contributed by atoms with Gasteiger partial charge >= 0.3 is 6.18 Å². The molecule has 1 aliphatic heterocycles. The molecule has 9 heteroatoms. The highest BCUT2D eigenvalue weighted by Gasteiger charge is 2.36. The molecule has 1 unspecified atom stereocenters. The first-order chi connectivity index (χ1) is 14.3. The van der Waals surface area contributed by atoms with E-state index in [-0.39, 0.29) is 18.1 Å². The standard InChI is InChI=1S/C21H22ClF3N4O/c1-12(30-2)3-6-17-19-14(15-11-13(22)4-5-16(15)27-19)8-10-29(17)20-26-9-7-18(28-20)21(23,24)25/h4-5,7,9,11-12,17,27H,3,6,8,10H2,1-2H3/t12?,17-/m0/s1. The van der Waals surface area contributed by atoms with Gasteiger partial charge in [-0.25, -0.2) is 9.97 Å². The van der Waals surface area contributed by atoms with Crippen LogP contribution < -0.4 is 4.90 Å². The first kappa shape index (κ1) is 20.9. The Labute approximate surface area is 177 Å². The average molecular weight is 439 g/mol. The molecular formula is C21H22ClF3N4O. The second-order valence-electron chi connectivity index (χ2n) is 7.53. The lowest BCUT2D eigenvalue weighted by Gasteiger charge is -2.36. The number of rotatable bonds is 5. The Hall–Kier alpha value is -2.32. The van der Waals surface area contributed by atoms with E-state index in [1.807, 2.05) is 30.0 Å². The zero-order valence-electron chi connectivity index (χ0n) is 16.6. The van der Waals surface area contributed by atoms with Crippen molar-refractivity contribution in [2.75, 3.05) is 18.6 Å². The van der Waals surface area contributed by atoms with E-state index >= 15 is 0 Å². The fraction of sp³-hybridized carbons (Fsp3) is 0.429. The van der Waals surface area contributed by atoms with Crippen LogP contribution in [0.25, 0.3) is 10.9 Å². The molecule has 3 heterocycles. The number of H-pyrrole nitrogens is 1. The topological polar surface area (TPSA) is 54.0 Å². The zero-order chi connectivity index (χ0) is 21.5. The molecule has 30 heavy (non-hydrogen) atoms. The molecule has 3 aromatic rings. The number of nitrogens with zero attached hydrogens (tertiary/aromatic N) is 3. The van der Waals surface area contributed by atoms with Gasteiger partial charge in [0.1, 0.15) is 5.69 Å². The van der Waals surface area contributed by atoms with E-state index in [1.54, 1.807) is 7.11 Å².